The number of nitrogens with zero attached hydrogens (tertiary/aromatic N) is 2. The molecule has 1 aromatic carbocycles. The third-order valence-corrected chi connectivity index (χ3v) is 5.38. The molecule has 0 aliphatic heterocycles. The Kier molecular flexibility index (Phi) is 7.35. The van der Waals surface area contributed by atoms with Gasteiger partial charge in [-0.2, -0.15) is 0 Å². The van der Waals surface area contributed by atoms with E-state index in [1.165, 1.54) is 10.6 Å². The van der Waals surface area contributed by atoms with Gasteiger partial charge in [0.05, 0.1) is 26.3 Å². The van der Waals surface area contributed by atoms with E-state index in [1.807, 2.05) is 18.3 Å². The van der Waals surface area contributed by atoms with Gasteiger partial charge in [0.1, 0.15) is 16.5 Å². The van der Waals surface area contributed by atoms with E-state index in [1.54, 1.807) is 25.6 Å². The molecule has 156 valence electrons. The number of thiazole rings is 1. The fourth-order valence-electron chi connectivity index (χ4n) is 3.11. The van der Waals surface area contributed by atoms with Crippen molar-refractivity contribution in [3.8, 4) is 11.5 Å². The van der Waals surface area contributed by atoms with Crippen LogP contribution in [0.2, 0.25) is 0 Å². The first-order chi connectivity index (χ1) is 14.1. The summed E-state index contributed by atoms with van der Waals surface area (Å²) in [6, 6.07) is 6.05. The van der Waals surface area contributed by atoms with Gasteiger partial charge in [-0.25, -0.2) is 9.98 Å². The Morgan fingerprint density at radius 3 is 2.76 bits per heavy atom. The molecule has 2 heterocycles. The summed E-state index contributed by atoms with van der Waals surface area (Å²) in [6.45, 7) is 6.38. The smallest absolute Gasteiger partial charge is 0.191 e. The van der Waals surface area contributed by atoms with E-state index in [2.05, 4.69) is 45.5 Å². The van der Waals surface area contributed by atoms with E-state index in [0.717, 1.165) is 59.3 Å². The van der Waals surface area contributed by atoms with Crippen molar-refractivity contribution in [1.29, 1.82) is 0 Å². The van der Waals surface area contributed by atoms with Crippen LogP contribution >= 0.6 is 11.3 Å². The molecule has 29 heavy (non-hydrogen) atoms. The van der Waals surface area contributed by atoms with Crippen LogP contribution < -0.4 is 20.1 Å². The number of hydrogen-bond acceptors (Lipinski definition) is 5. The lowest BCUT2D eigenvalue weighted by Crippen LogP contribution is -2.37. The van der Waals surface area contributed by atoms with Crippen molar-refractivity contribution in [2.45, 2.75) is 33.2 Å². The Morgan fingerprint density at radius 1 is 1.21 bits per heavy atom. The summed E-state index contributed by atoms with van der Waals surface area (Å²) in [5, 5.41) is 8.79. The summed E-state index contributed by atoms with van der Waals surface area (Å²) >= 11 is 1.68. The maximum atomic E-state index is 5.49. The first kappa shape index (κ1) is 21.0. The molecular formula is C21H29N5O2S. The van der Waals surface area contributed by atoms with Crippen LogP contribution in [0, 0.1) is 6.92 Å². The minimum absolute atomic E-state index is 0.595. The molecule has 0 amide bonds. The highest BCUT2D eigenvalue weighted by Gasteiger charge is 2.09. The van der Waals surface area contributed by atoms with E-state index < -0.39 is 0 Å². The lowest BCUT2D eigenvalue weighted by Gasteiger charge is -2.10. The number of benzene rings is 1. The quantitative estimate of drug-likeness (QED) is 0.282. The molecule has 0 radical (unpaired) electrons. The number of rotatable bonds is 9. The van der Waals surface area contributed by atoms with E-state index in [9.17, 15) is 0 Å². The van der Waals surface area contributed by atoms with Crippen molar-refractivity contribution in [2.75, 3.05) is 27.3 Å². The number of aromatic nitrogens is 2. The van der Waals surface area contributed by atoms with E-state index in [4.69, 9.17) is 9.47 Å². The Labute approximate surface area is 175 Å². The van der Waals surface area contributed by atoms with Crippen LogP contribution in [0.15, 0.2) is 29.4 Å². The van der Waals surface area contributed by atoms with Gasteiger partial charge in [-0.15, -0.1) is 11.3 Å². The maximum absolute atomic E-state index is 5.49. The van der Waals surface area contributed by atoms with Crippen LogP contribution in [0.3, 0.4) is 0 Å². The number of H-pyrrole nitrogens is 1. The molecule has 0 unspecified atom stereocenters. The van der Waals surface area contributed by atoms with Crippen molar-refractivity contribution >= 4 is 28.2 Å². The van der Waals surface area contributed by atoms with Crippen LogP contribution in [0.1, 0.15) is 28.9 Å². The number of aryl methyl sites for hydroxylation is 2. The molecule has 0 atom stereocenters. The van der Waals surface area contributed by atoms with Crippen LogP contribution in [0.25, 0.3) is 10.9 Å². The van der Waals surface area contributed by atoms with Crippen LogP contribution in [-0.4, -0.2) is 43.2 Å². The van der Waals surface area contributed by atoms with Gasteiger partial charge in [0.25, 0.3) is 0 Å². The average molecular weight is 416 g/mol. The number of ether oxygens (including phenoxy) is 2. The van der Waals surface area contributed by atoms with Crippen molar-refractivity contribution in [2.24, 2.45) is 4.99 Å². The predicted octanol–water partition coefficient (Wildman–Crippen LogP) is 3.64. The van der Waals surface area contributed by atoms with Gasteiger partial charge >= 0.3 is 0 Å². The van der Waals surface area contributed by atoms with Gasteiger partial charge in [0.15, 0.2) is 5.96 Å². The average Bonchev–Trinajstić information content (AvgIpc) is 3.33. The largest absolute Gasteiger partial charge is 0.497 e. The Hall–Kier alpha value is -2.74. The molecule has 3 N–H and O–H groups in total. The van der Waals surface area contributed by atoms with Crippen molar-refractivity contribution in [3.63, 3.8) is 0 Å². The van der Waals surface area contributed by atoms with Gasteiger partial charge < -0.3 is 25.1 Å². The summed E-state index contributed by atoms with van der Waals surface area (Å²) in [5.41, 5.74) is 2.20. The molecule has 8 heteroatoms. The maximum Gasteiger partial charge on any atom is 0.191 e. The Balaban J connectivity index is 1.55. The molecule has 0 saturated heterocycles. The summed E-state index contributed by atoms with van der Waals surface area (Å²) in [4.78, 5) is 13.7. The summed E-state index contributed by atoms with van der Waals surface area (Å²) in [6.07, 6.45) is 3.80. The zero-order valence-corrected chi connectivity index (χ0v) is 18.3. The molecule has 0 aliphatic carbocycles. The van der Waals surface area contributed by atoms with Crippen LogP contribution in [0.4, 0.5) is 0 Å². The summed E-state index contributed by atoms with van der Waals surface area (Å²) in [7, 11) is 3.34. The van der Waals surface area contributed by atoms with Gasteiger partial charge in [0, 0.05) is 47.4 Å². The normalized spacial score (nSPS) is 11.7. The second-order valence-electron chi connectivity index (χ2n) is 6.68. The summed E-state index contributed by atoms with van der Waals surface area (Å²) < 4.78 is 10.8. The number of hydrogen-bond donors (Lipinski definition) is 3. The first-order valence-corrected chi connectivity index (χ1v) is 10.6. The topological polar surface area (TPSA) is 83.6 Å². The van der Waals surface area contributed by atoms with E-state index >= 15 is 0 Å². The minimum atomic E-state index is 0.595. The number of aliphatic imine (C=N–C) groups is 1. The minimum Gasteiger partial charge on any atom is -0.497 e. The SMILES string of the molecule is CCNC(=NCc1ncc(C)s1)NCCCc1cc2c(OC)cc(OC)cc2[nH]1. The number of fused-ring (bicyclic) bond motifs is 1. The molecule has 0 bridgehead atoms. The van der Waals surface area contributed by atoms with Gasteiger partial charge in [-0.1, -0.05) is 0 Å². The second kappa shape index (κ2) is 10.2. The number of nitrogens with one attached hydrogen (secondary N) is 3. The summed E-state index contributed by atoms with van der Waals surface area (Å²) in [5.74, 6) is 2.42. The van der Waals surface area contributed by atoms with Gasteiger partial charge in [0.2, 0.25) is 0 Å². The highest BCUT2D eigenvalue weighted by atomic mass is 32.1. The van der Waals surface area contributed by atoms with E-state index in [-0.39, 0.29) is 0 Å². The van der Waals surface area contributed by atoms with Crippen LogP contribution in [-0.2, 0) is 13.0 Å². The number of aromatic amines is 1. The molecule has 0 saturated carbocycles. The lowest BCUT2D eigenvalue weighted by atomic mass is 10.2. The number of methoxy groups -OCH3 is 2. The zero-order chi connectivity index (χ0) is 20.6. The van der Waals surface area contributed by atoms with E-state index in [0.29, 0.717) is 6.54 Å². The highest BCUT2D eigenvalue weighted by molar-refractivity contribution is 7.11. The highest BCUT2D eigenvalue weighted by Crippen LogP contribution is 2.31. The van der Waals surface area contributed by atoms with Crippen molar-refractivity contribution in [3.05, 3.63) is 40.0 Å². The first-order valence-electron chi connectivity index (χ1n) is 9.80. The lowest BCUT2D eigenvalue weighted by molar-refractivity contribution is 0.398. The third-order valence-electron chi connectivity index (χ3n) is 4.49. The van der Waals surface area contributed by atoms with Gasteiger partial charge in [-0.3, -0.25) is 0 Å². The third kappa shape index (κ3) is 5.63. The molecule has 3 aromatic rings. The standard InChI is InChI=1S/C21H29N5O2S/c1-5-22-21(25-13-20-24-12-14(2)29-20)23-8-6-7-15-9-17-18(26-15)10-16(27-3)11-19(17)28-4/h9-12,26H,5-8,13H2,1-4H3,(H2,22,23,25). The monoisotopic (exact) mass is 415 g/mol. The van der Waals surface area contributed by atoms with Crippen molar-refractivity contribution < 1.29 is 9.47 Å². The predicted molar refractivity (Wildman–Crippen MR) is 119 cm³/mol. The molecule has 0 fully saturated rings. The molecule has 7 nitrogen and oxygen atoms in total. The Bertz CT molecular complexity index is 963. The number of guanidine groups is 1. The molecular weight excluding hydrogens is 386 g/mol. The molecule has 2 aromatic heterocycles. The fourth-order valence-corrected chi connectivity index (χ4v) is 3.82. The molecule has 0 aliphatic rings. The molecule has 0 spiro atoms. The van der Waals surface area contributed by atoms with Gasteiger partial charge in [-0.05, 0) is 32.8 Å². The van der Waals surface area contributed by atoms with Crippen molar-refractivity contribution in [1.82, 2.24) is 20.6 Å². The molecule has 3 rings (SSSR count). The second-order valence-corrected chi connectivity index (χ2v) is 7.99. The zero-order valence-electron chi connectivity index (χ0n) is 17.5. The van der Waals surface area contributed by atoms with Crippen LogP contribution in [0.5, 0.6) is 11.5 Å². The Morgan fingerprint density at radius 2 is 2.07 bits per heavy atom. The fraction of sp³-hybridized carbons (Fsp3) is 0.429.